The quantitative estimate of drug-likeness (QED) is 0.667. The first-order chi connectivity index (χ1) is 9.06. The maximum atomic E-state index is 12.4. The molecule has 1 saturated carbocycles. The van der Waals surface area contributed by atoms with E-state index in [1.165, 1.54) is 6.07 Å². The highest BCUT2D eigenvalue weighted by molar-refractivity contribution is 6.00. The predicted octanol–water partition coefficient (Wildman–Crippen LogP) is 2.26. The van der Waals surface area contributed by atoms with Crippen LogP contribution in [0.4, 0.5) is 11.4 Å². The van der Waals surface area contributed by atoms with Crippen LogP contribution in [0.1, 0.15) is 29.6 Å². The fourth-order valence-corrected chi connectivity index (χ4v) is 2.24. The Bertz CT molecular complexity index is 512. The summed E-state index contributed by atoms with van der Waals surface area (Å²) < 4.78 is 0. The zero-order valence-electron chi connectivity index (χ0n) is 11.0. The van der Waals surface area contributed by atoms with Crippen molar-refractivity contribution in [3.05, 3.63) is 33.9 Å². The van der Waals surface area contributed by atoms with Gasteiger partial charge in [-0.3, -0.25) is 14.9 Å². The second kappa shape index (κ2) is 5.26. The highest BCUT2D eigenvalue weighted by Gasteiger charge is 2.31. The van der Waals surface area contributed by atoms with E-state index in [1.807, 2.05) is 0 Å². The van der Waals surface area contributed by atoms with Crippen molar-refractivity contribution >= 4 is 17.3 Å². The maximum absolute atomic E-state index is 12.4. The lowest BCUT2D eigenvalue weighted by atomic mass is 9.91. The van der Waals surface area contributed by atoms with Crippen molar-refractivity contribution in [3.8, 4) is 0 Å². The van der Waals surface area contributed by atoms with E-state index in [4.69, 9.17) is 0 Å². The van der Waals surface area contributed by atoms with Crippen LogP contribution in [0.25, 0.3) is 0 Å². The summed E-state index contributed by atoms with van der Waals surface area (Å²) in [7, 11) is 3.31. The van der Waals surface area contributed by atoms with Gasteiger partial charge in [0.2, 0.25) is 0 Å². The topological polar surface area (TPSA) is 75.5 Å². The monoisotopic (exact) mass is 263 g/mol. The third-order valence-corrected chi connectivity index (χ3v) is 3.66. The lowest BCUT2D eigenvalue weighted by Crippen LogP contribution is -2.41. The third kappa shape index (κ3) is 2.38. The minimum Gasteiger partial charge on any atom is -0.383 e. The molecule has 6 nitrogen and oxygen atoms in total. The van der Waals surface area contributed by atoms with Crippen LogP contribution in [0.3, 0.4) is 0 Å². The van der Waals surface area contributed by atoms with Gasteiger partial charge in [0.05, 0.1) is 4.92 Å². The minimum atomic E-state index is -0.506. The van der Waals surface area contributed by atoms with E-state index in [9.17, 15) is 14.9 Å². The fourth-order valence-electron chi connectivity index (χ4n) is 2.24. The molecule has 0 aromatic heterocycles. The molecule has 1 N–H and O–H groups in total. The molecular weight excluding hydrogens is 246 g/mol. The number of benzene rings is 1. The molecule has 1 amide bonds. The molecule has 0 bridgehead atoms. The third-order valence-electron chi connectivity index (χ3n) is 3.66. The summed E-state index contributed by atoms with van der Waals surface area (Å²) in [5.74, 6) is -0.284. The maximum Gasteiger partial charge on any atom is 0.305 e. The van der Waals surface area contributed by atoms with Crippen LogP contribution in [0.2, 0.25) is 0 Å². The van der Waals surface area contributed by atoms with Crippen molar-refractivity contribution in [3.63, 3.8) is 0 Å². The Morgan fingerprint density at radius 3 is 2.63 bits per heavy atom. The molecule has 2 rings (SSSR count). The van der Waals surface area contributed by atoms with Crippen LogP contribution in [-0.2, 0) is 0 Å². The van der Waals surface area contributed by atoms with Gasteiger partial charge >= 0.3 is 5.69 Å². The van der Waals surface area contributed by atoms with Crippen molar-refractivity contribution in [2.45, 2.75) is 25.3 Å². The largest absolute Gasteiger partial charge is 0.383 e. The first kappa shape index (κ1) is 13.3. The van der Waals surface area contributed by atoms with Crippen LogP contribution in [0.5, 0.6) is 0 Å². The molecule has 6 heteroatoms. The Balaban J connectivity index is 2.37. The van der Waals surface area contributed by atoms with Crippen molar-refractivity contribution < 1.29 is 9.72 Å². The average Bonchev–Trinajstić information content (AvgIpc) is 2.34. The van der Waals surface area contributed by atoms with Crippen molar-refractivity contribution in [1.29, 1.82) is 0 Å². The van der Waals surface area contributed by atoms with Crippen LogP contribution in [-0.4, -0.2) is 35.9 Å². The van der Waals surface area contributed by atoms with E-state index in [-0.39, 0.29) is 23.2 Å². The molecule has 0 heterocycles. The molecule has 0 radical (unpaired) electrons. The van der Waals surface area contributed by atoms with Gasteiger partial charge in [0.1, 0.15) is 11.3 Å². The summed E-state index contributed by atoms with van der Waals surface area (Å²) in [5, 5.41) is 13.9. The molecule has 1 aliphatic carbocycles. The molecule has 19 heavy (non-hydrogen) atoms. The first-order valence-electron chi connectivity index (χ1n) is 6.28. The molecule has 1 aromatic rings. The number of carbonyl (C=O) groups excluding carboxylic acids is 1. The van der Waals surface area contributed by atoms with Gasteiger partial charge in [-0.15, -0.1) is 0 Å². The minimum absolute atomic E-state index is 0.145. The first-order valence-corrected chi connectivity index (χ1v) is 6.28. The van der Waals surface area contributed by atoms with Gasteiger partial charge in [-0.25, -0.2) is 0 Å². The Kier molecular flexibility index (Phi) is 3.69. The molecule has 0 unspecified atom stereocenters. The zero-order chi connectivity index (χ0) is 14.0. The Morgan fingerprint density at radius 1 is 1.47 bits per heavy atom. The summed E-state index contributed by atoms with van der Waals surface area (Å²) in [5.41, 5.74) is 0.352. The van der Waals surface area contributed by atoms with Crippen molar-refractivity contribution in [1.82, 2.24) is 4.90 Å². The molecule has 0 aliphatic heterocycles. The van der Waals surface area contributed by atoms with Crippen LogP contribution in [0.15, 0.2) is 18.2 Å². The second-order valence-corrected chi connectivity index (χ2v) is 4.71. The van der Waals surface area contributed by atoms with Gasteiger partial charge in [-0.1, -0.05) is 6.07 Å². The number of hydrogen-bond donors (Lipinski definition) is 1. The Labute approximate surface area is 111 Å². The van der Waals surface area contributed by atoms with Crippen LogP contribution >= 0.6 is 0 Å². The van der Waals surface area contributed by atoms with E-state index in [0.29, 0.717) is 5.69 Å². The van der Waals surface area contributed by atoms with Gasteiger partial charge < -0.3 is 10.2 Å². The lowest BCUT2D eigenvalue weighted by Gasteiger charge is -2.34. The summed E-state index contributed by atoms with van der Waals surface area (Å²) in [6.45, 7) is 0. The number of anilines is 1. The molecule has 1 fully saturated rings. The van der Waals surface area contributed by atoms with Crippen molar-refractivity contribution in [2.75, 3.05) is 19.4 Å². The van der Waals surface area contributed by atoms with Crippen LogP contribution in [0, 0.1) is 10.1 Å². The van der Waals surface area contributed by atoms with Gasteiger partial charge in [-0.05, 0) is 31.4 Å². The normalized spacial score (nSPS) is 14.6. The smallest absolute Gasteiger partial charge is 0.305 e. The number of nitrogens with zero attached hydrogens (tertiary/aromatic N) is 2. The number of rotatable bonds is 4. The molecule has 1 aromatic carbocycles. The molecular formula is C13H17N3O3. The zero-order valence-corrected chi connectivity index (χ0v) is 11.0. The van der Waals surface area contributed by atoms with E-state index >= 15 is 0 Å². The van der Waals surface area contributed by atoms with Crippen molar-refractivity contribution in [2.24, 2.45) is 0 Å². The van der Waals surface area contributed by atoms with E-state index in [2.05, 4.69) is 5.32 Å². The number of nitrogens with one attached hydrogen (secondary N) is 1. The molecule has 1 aliphatic rings. The average molecular weight is 263 g/mol. The van der Waals surface area contributed by atoms with Gasteiger partial charge in [-0.2, -0.15) is 0 Å². The van der Waals surface area contributed by atoms with E-state index in [0.717, 1.165) is 19.3 Å². The summed E-state index contributed by atoms with van der Waals surface area (Å²) in [6.07, 6.45) is 3.06. The molecule has 0 saturated heterocycles. The highest BCUT2D eigenvalue weighted by Crippen LogP contribution is 2.31. The summed E-state index contributed by atoms with van der Waals surface area (Å²) >= 11 is 0. The van der Waals surface area contributed by atoms with Gasteiger partial charge in [0.15, 0.2) is 0 Å². The SMILES string of the molecule is CNc1cccc(C(=O)N(C)C2CCC2)c1[N+](=O)[O-]. The number of para-hydroxylation sites is 1. The van der Waals surface area contributed by atoms with Gasteiger partial charge in [0.25, 0.3) is 5.91 Å². The van der Waals surface area contributed by atoms with E-state index in [1.54, 1.807) is 31.1 Å². The molecule has 0 atom stereocenters. The van der Waals surface area contributed by atoms with Gasteiger partial charge in [0, 0.05) is 20.1 Å². The molecule has 0 spiro atoms. The predicted molar refractivity (Wildman–Crippen MR) is 72.4 cm³/mol. The number of hydrogen-bond acceptors (Lipinski definition) is 4. The molecule has 102 valence electrons. The number of nitro groups is 1. The standard InChI is InChI=1S/C13H17N3O3/c1-14-11-8-4-7-10(12(11)16(18)19)13(17)15(2)9-5-3-6-9/h4,7-9,14H,3,5-6H2,1-2H3. The summed E-state index contributed by atoms with van der Waals surface area (Å²) in [4.78, 5) is 24.7. The van der Waals surface area contributed by atoms with E-state index < -0.39 is 4.92 Å². The lowest BCUT2D eigenvalue weighted by molar-refractivity contribution is -0.384. The Hall–Kier alpha value is -2.11. The number of carbonyl (C=O) groups is 1. The number of nitro benzene ring substituents is 1. The number of amides is 1. The Morgan fingerprint density at radius 2 is 2.16 bits per heavy atom. The highest BCUT2D eigenvalue weighted by atomic mass is 16.6. The second-order valence-electron chi connectivity index (χ2n) is 4.71. The van der Waals surface area contributed by atoms with Crippen LogP contribution < -0.4 is 5.32 Å². The summed E-state index contributed by atoms with van der Waals surface area (Å²) in [6, 6.07) is 4.97. The fraction of sp³-hybridized carbons (Fsp3) is 0.462.